The van der Waals surface area contributed by atoms with Gasteiger partial charge in [-0.1, -0.05) is 46.3 Å². The van der Waals surface area contributed by atoms with Crippen LogP contribution in [0.1, 0.15) is 5.56 Å². The third-order valence-electron chi connectivity index (χ3n) is 2.91. The van der Waals surface area contributed by atoms with E-state index in [4.69, 9.17) is 0 Å². The lowest BCUT2D eigenvalue weighted by molar-refractivity contribution is 1.23. The van der Waals surface area contributed by atoms with Crippen LogP contribution in [-0.2, 0) is 0 Å². The monoisotopic (exact) mass is 297 g/mol. The molecule has 0 N–H and O–H groups in total. The second kappa shape index (κ2) is 4.83. The highest BCUT2D eigenvalue weighted by molar-refractivity contribution is 9.10. The van der Waals surface area contributed by atoms with Crippen molar-refractivity contribution in [1.82, 2.24) is 4.57 Å². The summed E-state index contributed by atoms with van der Waals surface area (Å²) in [6.07, 6.45) is 6.28. The molecule has 0 saturated heterocycles. The van der Waals surface area contributed by atoms with Crippen molar-refractivity contribution in [2.24, 2.45) is 0 Å². The van der Waals surface area contributed by atoms with Crippen LogP contribution in [0.5, 0.6) is 0 Å². The summed E-state index contributed by atoms with van der Waals surface area (Å²) in [6.45, 7) is 0. The molecule has 0 atom stereocenters. The molecule has 1 heterocycles. The maximum Gasteiger partial charge on any atom is 0.0523 e. The summed E-state index contributed by atoms with van der Waals surface area (Å²) in [6, 6.07) is 18.7. The molecule has 0 saturated carbocycles. The van der Waals surface area contributed by atoms with E-state index < -0.39 is 0 Å². The summed E-state index contributed by atoms with van der Waals surface area (Å²) in [5.41, 5.74) is 2.42. The van der Waals surface area contributed by atoms with Crippen LogP contribution in [0.15, 0.2) is 65.3 Å². The van der Waals surface area contributed by atoms with Crippen molar-refractivity contribution in [2.75, 3.05) is 0 Å². The fourth-order valence-corrected chi connectivity index (χ4v) is 2.37. The van der Waals surface area contributed by atoms with Crippen LogP contribution in [-0.4, -0.2) is 4.57 Å². The molecule has 0 amide bonds. The molecule has 3 aromatic rings. The molecule has 0 fully saturated rings. The third-order valence-corrected chi connectivity index (χ3v) is 3.40. The average Bonchev–Trinajstić information content (AvgIpc) is 2.80. The minimum absolute atomic E-state index is 1.11. The molecule has 0 aliphatic rings. The summed E-state index contributed by atoms with van der Waals surface area (Å²) < 4.78 is 3.24. The summed E-state index contributed by atoms with van der Waals surface area (Å²) in [5, 5.41) is 1.24. The maximum atomic E-state index is 3.49. The number of hydrogen-bond donors (Lipinski definition) is 0. The zero-order chi connectivity index (χ0) is 12.4. The van der Waals surface area contributed by atoms with Crippen molar-refractivity contribution in [2.45, 2.75) is 0 Å². The predicted molar refractivity (Wildman–Crippen MR) is 81.3 cm³/mol. The van der Waals surface area contributed by atoms with E-state index in [0.29, 0.717) is 0 Å². The van der Waals surface area contributed by atoms with E-state index >= 15 is 0 Å². The van der Waals surface area contributed by atoms with Gasteiger partial charge in [-0.05, 0) is 35.9 Å². The molecule has 2 heteroatoms. The number of halogens is 1. The largest absolute Gasteiger partial charge is 0.323 e. The van der Waals surface area contributed by atoms with E-state index in [1.807, 2.05) is 18.2 Å². The van der Waals surface area contributed by atoms with Gasteiger partial charge in [0.25, 0.3) is 0 Å². The number of rotatable bonds is 2. The first-order valence-electron chi connectivity index (χ1n) is 5.82. The molecule has 2 aromatic carbocycles. The second-order valence-corrected chi connectivity index (χ2v) is 5.07. The Morgan fingerprint density at radius 2 is 1.78 bits per heavy atom. The van der Waals surface area contributed by atoms with Gasteiger partial charge in [0.05, 0.1) is 5.52 Å². The summed E-state index contributed by atoms with van der Waals surface area (Å²) in [5.74, 6) is 0. The molecule has 88 valence electrons. The second-order valence-electron chi connectivity index (χ2n) is 4.15. The van der Waals surface area contributed by atoms with Crippen molar-refractivity contribution >= 4 is 39.1 Å². The summed E-state index contributed by atoms with van der Waals surface area (Å²) in [4.78, 5) is 0. The molecular formula is C16H12BrN. The third kappa shape index (κ3) is 2.24. The SMILES string of the molecule is Brc1ccc2c(ccn2C=Cc2ccccc2)c1. The lowest BCUT2D eigenvalue weighted by atomic mass is 10.2. The minimum atomic E-state index is 1.11. The van der Waals surface area contributed by atoms with E-state index in [1.165, 1.54) is 16.5 Å². The molecule has 3 rings (SSSR count). The molecule has 1 nitrogen and oxygen atoms in total. The van der Waals surface area contributed by atoms with Crippen molar-refractivity contribution in [3.63, 3.8) is 0 Å². The Kier molecular flexibility index (Phi) is 3.03. The number of aromatic nitrogens is 1. The average molecular weight is 298 g/mol. The molecule has 0 radical (unpaired) electrons. The number of benzene rings is 2. The highest BCUT2D eigenvalue weighted by Crippen LogP contribution is 2.21. The van der Waals surface area contributed by atoms with Gasteiger partial charge in [0.15, 0.2) is 0 Å². The number of nitrogens with zero attached hydrogens (tertiary/aromatic N) is 1. The van der Waals surface area contributed by atoms with Gasteiger partial charge in [0.2, 0.25) is 0 Å². The highest BCUT2D eigenvalue weighted by atomic mass is 79.9. The zero-order valence-electron chi connectivity index (χ0n) is 9.75. The van der Waals surface area contributed by atoms with Crippen LogP contribution in [0.2, 0.25) is 0 Å². The first-order valence-corrected chi connectivity index (χ1v) is 6.61. The van der Waals surface area contributed by atoms with E-state index in [9.17, 15) is 0 Å². The lowest BCUT2D eigenvalue weighted by Crippen LogP contribution is -1.82. The van der Waals surface area contributed by atoms with Gasteiger partial charge >= 0.3 is 0 Å². The van der Waals surface area contributed by atoms with E-state index in [1.54, 1.807) is 0 Å². The lowest BCUT2D eigenvalue weighted by Gasteiger charge is -1.98. The van der Waals surface area contributed by atoms with Crippen molar-refractivity contribution in [3.8, 4) is 0 Å². The maximum absolute atomic E-state index is 3.49. The highest BCUT2D eigenvalue weighted by Gasteiger charge is 1.98. The van der Waals surface area contributed by atoms with Gasteiger partial charge in [0.1, 0.15) is 0 Å². The Morgan fingerprint density at radius 3 is 2.61 bits per heavy atom. The molecule has 0 bridgehead atoms. The van der Waals surface area contributed by atoms with Gasteiger partial charge in [-0.3, -0.25) is 0 Å². The first-order chi connectivity index (χ1) is 8.83. The fraction of sp³-hybridized carbons (Fsp3) is 0. The minimum Gasteiger partial charge on any atom is -0.323 e. The van der Waals surface area contributed by atoms with Gasteiger partial charge in [-0.15, -0.1) is 0 Å². The quantitative estimate of drug-likeness (QED) is 0.625. The smallest absolute Gasteiger partial charge is 0.0523 e. The predicted octanol–water partition coefficient (Wildman–Crippen LogP) is 5.03. The number of fused-ring (bicyclic) bond motifs is 1. The molecule has 0 unspecified atom stereocenters. The standard InChI is InChI=1S/C16H12BrN/c17-15-6-7-16-14(12-15)9-11-18(16)10-8-13-4-2-1-3-5-13/h1-12H. The summed E-state index contributed by atoms with van der Waals surface area (Å²) >= 11 is 3.49. The molecular weight excluding hydrogens is 286 g/mol. The van der Waals surface area contributed by atoms with E-state index in [0.717, 1.165) is 4.47 Å². The van der Waals surface area contributed by atoms with Crippen LogP contribution in [0, 0.1) is 0 Å². The van der Waals surface area contributed by atoms with Gasteiger partial charge in [0, 0.05) is 22.3 Å². The van der Waals surface area contributed by atoms with E-state index in [-0.39, 0.29) is 0 Å². The molecule has 0 aliphatic heterocycles. The first kappa shape index (κ1) is 11.3. The molecule has 18 heavy (non-hydrogen) atoms. The molecule has 1 aromatic heterocycles. The van der Waals surface area contributed by atoms with Crippen molar-refractivity contribution < 1.29 is 0 Å². The fourth-order valence-electron chi connectivity index (χ4n) is 2.00. The Balaban J connectivity index is 1.98. The van der Waals surface area contributed by atoms with Gasteiger partial charge in [-0.25, -0.2) is 0 Å². The number of hydrogen-bond acceptors (Lipinski definition) is 0. The summed E-state index contributed by atoms with van der Waals surface area (Å²) in [7, 11) is 0. The molecule has 0 aliphatic carbocycles. The normalized spacial score (nSPS) is 11.4. The van der Waals surface area contributed by atoms with Gasteiger partial charge < -0.3 is 4.57 Å². The Bertz CT molecular complexity index is 695. The Hall–Kier alpha value is -1.80. The van der Waals surface area contributed by atoms with E-state index in [2.05, 4.69) is 75.4 Å². The van der Waals surface area contributed by atoms with Crippen LogP contribution < -0.4 is 0 Å². The van der Waals surface area contributed by atoms with Gasteiger partial charge in [-0.2, -0.15) is 0 Å². The van der Waals surface area contributed by atoms with Crippen molar-refractivity contribution in [3.05, 3.63) is 70.8 Å². The molecule has 0 spiro atoms. The van der Waals surface area contributed by atoms with Crippen LogP contribution in [0.25, 0.3) is 23.2 Å². The van der Waals surface area contributed by atoms with Crippen LogP contribution >= 0.6 is 15.9 Å². The Morgan fingerprint density at radius 1 is 0.944 bits per heavy atom. The van der Waals surface area contributed by atoms with Crippen LogP contribution in [0.4, 0.5) is 0 Å². The topological polar surface area (TPSA) is 4.93 Å². The van der Waals surface area contributed by atoms with Crippen LogP contribution in [0.3, 0.4) is 0 Å². The zero-order valence-corrected chi connectivity index (χ0v) is 11.3. The Labute approximate surface area is 114 Å². The van der Waals surface area contributed by atoms with Crippen molar-refractivity contribution in [1.29, 1.82) is 0 Å².